The quantitative estimate of drug-likeness (QED) is 0.658. The Morgan fingerprint density at radius 2 is 2.10 bits per heavy atom. The number of piperidine rings is 1. The number of nitrogens with one attached hydrogen (secondary N) is 2. The fraction of sp³-hybridized carbons (Fsp3) is 0.800. The van der Waals surface area contributed by atoms with Crippen molar-refractivity contribution >= 4 is 6.03 Å². The molecule has 1 saturated heterocycles. The number of aliphatic hydroxyl groups is 1. The van der Waals surface area contributed by atoms with Crippen molar-refractivity contribution < 1.29 is 9.90 Å². The molecule has 1 fully saturated rings. The molecule has 2 aliphatic rings. The molecule has 1 aliphatic carbocycles. The molecule has 1 aliphatic heterocycles. The molecular formula is C15H27N3O2. The van der Waals surface area contributed by atoms with Gasteiger partial charge < -0.3 is 20.6 Å². The van der Waals surface area contributed by atoms with Crippen LogP contribution >= 0.6 is 0 Å². The summed E-state index contributed by atoms with van der Waals surface area (Å²) in [7, 11) is 2.16. The first-order valence-corrected chi connectivity index (χ1v) is 7.69. The van der Waals surface area contributed by atoms with Gasteiger partial charge in [0.1, 0.15) is 0 Å². The van der Waals surface area contributed by atoms with Gasteiger partial charge >= 0.3 is 6.03 Å². The summed E-state index contributed by atoms with van der Waals surface area (Å²) in [6, 6.07) is -0.0263. The van der Waals surface area contributed by atoms with Crippen LogP contribution in [0, 0.1) is 11.8 Å². The van der Waals surface area contributed by atoms with Gasteiger partial charge in [-0.25, -0.2) is 4.79 Å². The highest BCUT2D eigenvalue weighted by atomic mass is 16.3. The summed E-state index contributed by atoms with van der Waals surface area (Å²) in [4.78, 5) is 14.1. The molecule has 0 saturated carbocycles. The maximum atomic E-state index is 11.8. The molecule has 0 spiro atoms. The predicted octanol–water partition coefficient (Wildman–Crippen LogP) is 0.955. The highest BCUT2D eigenvalue weighted by Crippen LogP contribution is 2.19. The molecule has 5 heteroatoms. The van der Waals surface area contributed by atoms with E-state index in [1.54, 1.807) is 0 Å². The first kappa shape index (κ1) is 15.3. The highest BCUT2D eigenvalue weighted by Gasteiger charge is 2.20. The van der Waals surface area contributed by atoms with E-state index in [0.29, 0.717) is 0 Å². The van der Waals surface area contributed by atoms with Gasteiger partial charge in [0, 0.05) is 25.1 Å². The third-order valence-electron chi connectivity index (χ3n) is 4.40. The molecule has 3 N–H and O–H groups in total. The van der Waals surface area contributed by atoms with Crippen LogP contribution in [0.25, 0.3) is 0 Å². The van der Waals surface area contributed by atoms with Gasteiger partial charge in [0.2, 0.25) is 0 Å². The largest absolute Gasteiger partial charge is 0.396 e. The smallest absolute Gasteiger partial charge is 0.315 e. The van der Waals surface area contributed by atoms with E-state index in [-0.39, 0.29) is 24.6 Å². The molecular weight excluding hydrogens is 254 g/mol. The molecule has 1 heterocycles. The Morgan fingerprint density at radius 1 is 1.35 bits per heavy atom. The Balaban J connectivity index is 1.55. The average molecular weight is 281 g/mol. The van der Waals surface area contributed by atoms with E-state index in [1.807, 2.05) is 12.2 Å². The van der Waals surface area contributed by atoms with Gasteiger partial charge in [-0.2, -0.15) is 0 Å². The SMILES string of the molecule is CN1CCC(CCNC(=O)N[C@@H]2C=C[C@H](CO)C2)CC1. The number of hydrogen-bond donors (Lipinski definition) is 3. The lowest BCUT2D eigenvalue weighted by molar-refractivity contribution is 0.209. The molecule has 2 atom stereocenters. The van der Waals surface area contributed by atoms with E-state index in [1.165, 1.54) is 25.9 Å². The predicted molar refractivity (Wildman–Crippen MR) is 79.5 cm³/mol. The van der Waals surface area contributed by atoms with Crippen molar-refractivity contribution in [2.24, 2.45) is 11.8 Å². The molecule has 0 bridgehead atoms. The second kappa shape index (κ2) is 7.64. The second-order valence-corrected chi connectivity index (χ2v) is 6.11. The van der Waals surface area contributed by atoms with Crippen molar-refractivity contribution in [3.05, 3.63) is 12.2 Å². The molecule has 0 aromatic carbocycles. The topological polar surface area (TPSA) is 64.6 Å². The first-order valence-electron chi connectivity index (χ1n) is 7.69. The van der Waals surface area contributed by atoms with Crippen molar-refractivity contribution in [3.8, 4) is 0 Å². The van der Waals surface area contributed by atoms with Gasteiger partial charge in [-0.15, -0.1) is 0 Å². The zero-order valence-corrected chi connectivity index (χ0v) is 12.3. The zero-order chi connectivity index (χ0) is 14.4. The summed E-state index contributed by atoms with van der Waals surface area (Å²) in [5.74, 6) is 0.941. The fourth-order valence-electron chi connectivity index (χ4n) is 2.98. The lowest BCUT2D eigenvalue weighted by Gasteiger charge is -2.28. The van der Waals surface area contributed by atoms with E-state index >= 15 is 0 Å². The van der Waals surface area contributed by atoms with Crippen molar-refractivity contribution in [2.75, 3.05) is 33.3 Å². The number of nitrogens with zero attached hydrogens (tertiary/aromatic N) is 1. The van der Waals surface area contributed by atoms with Gasteiger partial charge in [0.05, 0.1) is 0 Å². The minimum absolute atomic E-state index is 0.0653. The standard InChI is InChI=1S/C15H27N3O2/c1-18-8-5-12(6-9-18)4-7-16-15(20)17-14-3-2-13(10-14)11-19/h2-3,12-14,19H,4-11H2,1H3,(H2,16,17,20)/t13-,14+/m0/s1. The summed E-state index contributed by atoms with van der Waals surface area (Å²) in [6.45, 7) is 3.26. The molecule has 0 radical (unpaired) electrons. The number of rotatable bonds is 5. The van der Waals surface area contributed by atoms with Gasteiger partial charge in [0.25, 0.3) is 0 Å². The third-order valence-corrected chi connectivity index (χ3v) is 4.40. The number of carbonyl (C=O) groups is 1. The number of likely N-dealkylation sites (tertiary alicyclic amines) is 1. The van der Waals surface area contributed by atoms with Crippen molar-refractivity contribution in [1.82, 2.24) is 15.5 Å². The summed E-state index contributed by atoms with van der Waals surface area (Å²) in [6.07, 6.45) is 8.30. The normalized spacial score (nSPS) is 27.7. The minimum atomic E-state index is -0.0915. The van der Waals surface area contributed by atoms with Crippen LogP contribution in [0.1, 0.15) is 25.7 Å². The number of aliphatic hydroxyl groups excluding tert-OH is 1. The fourth-order valence-corrected chi connectivity index (χ4v) is 2.98. The highest BCUT2D eigenvalue weighted by molar-refractivity contribution is 5.74. The summed E-state index contributed by atoms with van der Waals surface area (Å²) in [5, 5.41) is 14.9. The number of hydrogen-bond acceptors (Lipinski definition) is 3. The van der Waals surface area contributed by atoms with E-state index in [4.69, 9.17) is 5.11 Å². The van der Waals surface area contributed by atoms with Gasteiger partial charge in [-0.1, -0.05) is 12.2 Å². The first-order chi connectivity index (χ1) is 9.67. The maximum Gasteiger partial charge on any atom is 0.315 e. The van der Waals surface area contributed by atoms with E-state index in [2.05, 4.69) is 22.6 Å². The average Bonchev–Trinajstić information content (AvgIpc) is 2.88. The Morgan fingerprint density at radius 3 is 2.75 bits per heavy atom. The third kappa shape index (κ3) is 4.80. The zero-order valence-electron chi connectivity index (χ0n) is 12.3. The summed E-state index contributed by atoms with van der Waals surface area (Å²) >= 11 is 0. The van der Waals surface area contributed by atoms with Crippen molar-refractivity contribution in [3.63, 3.8) is 0 Å². The molecule has 0 aromatic rings. The molecule has 0 aromatic heterocycles. The van der Waals surface area contributed by atoms with E-state index in [9.17, 15) is 4.79 Å². The molecule has 114 valence electrons. The van der Waals surface area contributed by atoms with Crippen LogP contribution in [-0.2, 0) is 0 Å². The van der Waals surface area contributed by atoms with Crippen LogP contribution in [0.2, 0.25) is 0 Å². The van der Waals surface area contributed by atoms with Gasteiger partial charge in [0.15, 0.2) is 0 Å². The number of carbonyl (C=O) groups excluding carboxylic acids is 1. The summed E-state index contributed by atoms with van der Waals surface area (Å²) < 4.78 is 0. The molecule has 2 amide bonds. The molecule has 5 nitrogen and oxygen atoms in total. The Labute approximate surface area is 121 Å². The number of urea groups is 1. The lowest BCUT2D eigenvalue weighted by Crippen LogP contribution is -2.42. The van der Waals surface area contributed by atoms with Crippen LogP contribution in [0.4, 0.5) is 4.79 Å². The Hall–Kier alpha value is -1.07. The van der Waals surface area contributed by atoms with Gasteiger partial charge in [-0.3, -0.25) is 0 Å². The lowest BCUT2D eigenvalue weighted by atomic mass is 9.94. The van der Waals surface area contributed by atoms with Crippen LogP contribution in [0.15, 0.2) is 12.2 Å². The van der Waals surface area contributed by atoms with Crippen LogP contribution in [-0.4, -0.2) is 55.4 Å². The second-order valence-electron chi connectivity index (χ2n) is 6.11. The molecule has 20 heavy (non-hydrogen) atoms. The maximum absolute atomic E-state index is 11.8. The van der Waals surface area contributed by atoms with Crippen LogP contribution < -0.4 is 10.6 Å². The Kier molecular flexibility index (Phi) is 5.86. The number of amides is 2. The van der Waals surface area contributed by atoms with Crippen LogP contribution in [0.3, 0.4) is 0 Å². The molecule has 2 rings (SSSR count). The van der Waals surface area contributed by atoms with Crippen molar-refractivity contribution in [2.45, 2.75) is 31.7 Å². The van der Waals surface area contributed by atoms with Crippen LogP contribution in [0.5, 0.6) is 0 Å². The monoisotopic (exact) mass is 281 g/mol. The summed E-state index contributed by atoms with van der Waals surface area (Å²) in [5.41, 5.74) is 0. The van der Waals surface area contributed by atoms with Gasteiger partial charge in [-0.05, 0) is 51.7 Å². The van der Waals surface area contributed by atoms with E-state index in [0.717, 1.165) is 25.3 Å². The Bertz CT molecular complexity index is 338. The van der Waals surface area contributed by atoms with E-state index < -0.39 is 0 Å². The van der Waals surface area contributed by atoms with Crippen molar-refractivity contribution in [1.29, 1.82) is 0 Å². The minimum Gasteiger partial charge on any atom is -0.396 e. The molecule has 0 unspecified atom stereocenters.